The lowest BCUT2D eigenvalue weighted by Gasteiger charge is -2.20. The average molecular weight is 220 g/mol. The summed E-state index contributed by atoms with van der Waals surface area (Å²) in [6.07, 6.45) is -5.01. The van der Waals surface area contributed by atoms with Crippen molar-refractivity contribution < 1.29 is 34.4 Å². The van der Waals surface area contributed by atoms with E-state index < -0.39 is 36.7 Å². The number of aliphatic hydroxyl groups is 3. The maximum Gasteiger partial charge on any atom is 0.375 e. The van der Waals surface area contributed by atoms with E-state index in [9.17, 15) is 19.5 Å². The van der Waals surface area contributed by atoms with Crippen LogP contribution in [-0.2, 0) is 19.1 Å². The average Bonchev–Trinajstić information content (AvgIpc) is 2.23. The van der Waals surface area contributed by atoms with Gasteiger partial charge in [-0.1, -0.05) is 0 Å². The lowest BCUT2D eigenvalue weighted by atomic mass is 10.1. The first-order valence-electron chi connectivity index (χ1n) is 4.07. The van der Waals surface area contributed by atoms with Gasteiger partial charge in [-0.15, -0.1) is 0 Å². The number of aldehydes is 1. The van der Waals surface area contributed by atoms with Gasteiger partial charge >= 0.3 is 5.97 Å². The third-order valence-electron chi connectivity index (χ3n) is 1.58. The normalized spacial score (nSPS) is 16.3. The molecule has 0 aromatic rings. The minimum atomic E-state index is -1.77. The predicted octanol–water partition coefficient (Wildman–Crippen LogP) is -2.60. The molecule has 0 aromatic heterocycles. The van der Waals surface area contributed by atoms with Crippen molar-refractivity contribution in [3.05, 3.63) is 0 Å². The molecule has 0 rings (SSSR count). The molecule has 0 aliphatic heterocycles. The fourth-order valence-corrected chi connectivity index (χ4v) is 0.712. The van der Waals surface area contributed by atoms with E-state index in [4.69, 9.17) is 10.2 Å². The van der Waals surface area contributed by atoms with E-state index in [0.29, 0.717) is 0 Å². The summed E-state index contributed by atoms with van der Waals surface area (Å²) in [5.41, 5.74) is 0. The molecule has 15 heavy (non-hydrogen) atoms. The lowest BCUT2D eigenvalue weighted by molar-refractivity contribution is -0.167. The molecule has 0 aliphatic rings. The molecular weight excluding hydrogens is 208 g/mol. The Morgan fingerprint density at radius 2 is 1.93 bits per heavy atom. The second-order valence-corrected chi connectivity index (χ2v) is 2.80. The molecule has 3 N–H and O–H groups in total. The smallest absolute Gasteiger partial charge is 0.375 e. The van der Waals surface area contributed by atoms with Gasteiger partial charge in [0.1, 0.15) is 12.2 Å². The fourth-order valence-electron chi connectivity index (χ4n) is 0.712. The molecule has 0 heterocycles. The number of rotatable bonds is 6. The number of esters is 1. The first kappa shape index (κ1) is 13.7. The molecule has 7 heteroatoms. The standard InChI is InChI=1S/C8H12O7/c1-4(11)8(14)15-6(3-10)7(13)5(12)2-9/h3,5-7,9,12-13H,2H2,1H3/t5-,6+,7-/m1/s1. The Balaban J connectivity index is 4.43. The van der Waals surface area contributed by atoms with Crippen LogP contribution in [0.25, 0.3) is 0 Å². The molecule has 7 nitrogen and oxygen atoms in total. The molecule has 3 atom stereocenters. The zero-order valence-corrected chi connectivity index (χ0v) is 7.99. The van der Waals surface area contributed by atoms with E-state index in [1.165, 1.54) is 0 Å². The van der Waals surface area contributed by atoms with Crippen LogP contribution in [0.5, 0.6) is 0 Å². The number of aliphatic hydroxyl groups excluding tert-OH is 3. The molecule has 0 saturated carbocycles. The van der Waals surface area contributed by atoms with Crippen LogP contribution in [0, 0.1) is 0 Å². The van der Waals surface area contributed by atoms with Crippen LogP contribution >= 0.6 is 0 Å². The molecule has 0 fully saturated rings. The zero-order valence-electron chi connectivity index (χ0n) is 7.99. The number of hydrogen-bond acceptors (Lipinski definition) is 7. The number of ketones is 1. The molecule has 0 spiro atoms. The van der Waals surface area contributed by atoms with E-state index in [1.54, 1.807) is 0 Å². The summed E-state index contributed by atoms with van der Waals surface area (Å²) >= 11 is 0. The van der Waals surface area contributed by atoms with Crippen LogP contribution < -0.4 is 0 Å². The molecule has 0 unspecified atom stereocenters. The van der Waals surface area contributed by atoms with E-state index in [-0.39, 0.29) is 6.29 Å². The van der Waals surface area contributed by atoms with E-state index >= 15 is 0 Å². The summed E-state index contributed by atoms with van der Waals surface area (Å²) in [5, 5.41) is 26.6. The summed E-state index contributed by atoms with van der Waals surface area (Å²) in [6.45, 7) is 0.127. The molecule has 0 aliphatic carbocycles. The van der Waals surface area contributed by atoms with Gasteiger partial charge in [0.25, 0.3) is 0 Å². The first-order valence-corrected chi connectivity index (χ1v) is 4.07. The van der Waals surface area contributed by atoms with Gasteiger partial charge in [0.2, 0.25) is 5.78 Å². The van der Waals surface area contributed by atoms with Gasteiger partial charge in [-0.2, -0.15) is 0 Å². The number of Topliss-reactive ketones (excluding diaryl/α,β-unsaturated/α-hetero) is 1. The molecule has 0 aromatic carbocycles. The van der Waals surface area contributed by atoms with Crippen molar-refractivity contribution in [3.8, 4) is 0 Å². The van der Waals surface area contributed by atoms with Crippen molar-refractivity contribution in [2.24, 2.45) is 0 Å². The number of carbonyl (C=O) groups is 3. The Morgan fingerprint density at radius 3 is 2.27 bits per heavy atom. The third kappa shape index (κ3) is 4.15. The monoisotopic (exact) mass is 220 g/mol. The second-order valence-electron chi connectivity index (χ2n) is 2.80. The van der Waals surface area contributed by atoms with E-state index in [0.717, 1.165) is 6.92 Å². The van der Waals surface area contributed by atoms with E-state index in [1.807, 2.05) is 0 Å². The highest BCUT2D eigenvalue weighted by Crippen LogP contribution is 2.03. The van der Waals surface area contributed by atoms with Gasteiger partial charge in [0.15, 0.2) is 12.4 Å². The lowest BCUT2D eigenvalue weighted by Crippen LogP contribution is -2.43. The Morgan fingerprint density at radius 1 is 1.40 bits per heavy atom. The summed E-state index contributed by atoms with van der Waals surface area (Å²) in [6, 6.07) is 0. The Bertz CT molecular complexity index is 249. The summed E-state index contributed by atoms with van der Waals surface area (Å²) < 4.78 is 4.27. The molecule has 0 radical (unpaired) electrons. The summed E-state index contributed by atoms with van der Waals surface area (Å²) in [7, 11) is 0. The van der Waals surface area contributed by atoms with Gasteiger partial charge in [-0.05, 0) is 0 Å². The van der Waals surface area contributed by atoms with E-state index in [2.05, 4.69) is 4.74 Å². The second kappa shape index (κ2) is 6.23. The van der Waals surface area contributed by atoms with Crippen molar-refractivity contribution in [1.82, 2.24) is 0 Å². The fraction of sp³-hybridized carbons (Fsp3) is 0.625. The zero-order chi connectivity index (χ0) is 12.0. The van der Waals surface area contributed by atoms with Gasteiger partial charge in [-0.3, -0.25) is 9.59 Å². The molecule has 0 saturated heterocycles. The van der Waals surface area contributed by atoms with Crippen LogP contribution in [0.4, 0.5) is 0 Å². The topological polar surface area (TPSA) is 121 Å². The SMILES string of the molecule is CC(=O)C(=O)O[C@@H](C=O)[C@H](O)[C@H](O)CO. The number of hydrogen-bond donors (Lipinski definition) is 3. The van der Waals surface area contributed by atoms with Crippen LogP contribution in [0.15, 0.2) is 0 Å². The Hall–Kier alpha value is -1.31. The van der Waals surface area contributed by atoms with Crippen molar-refractivity contribution >= 4 is 18.0 Å². The third-order valence-corrected chi connectivity index (χ3v) is 1.58. The Kier molecular flexibility index (Phi) is 5.68. The van der Waals surface area contributed by atoms with Gasteiger partial charge in [0.05, 0.1) is 6.61 Å². The molecule has 86 valence electrons. The first-order chi connectivity index (χ1) is 6.93. The van der Waals surface area contributed by atoms with Crippen LogP contribution in [0.3, 0.4) is 0 Å². The van der Waals surface area contributed by atoms with Crippen molar-refractivity contribution in [2.75, 3.05) is 6.61 Å². The number of carbonyl (C=O) groups excluding carboxylic acids is 3. The predicted molar refractivity (Wildman–Crippen MR) is 45.7 cm³/mol. The van der Waals surface area contributed by atoms with Crippen LogP contribution in [-0.4, -0.2) is 58.3 Å². The van der Waals surface area contributed by atoms with Crippen molar-refractivity contribution in [1.29, 1.82) is 0 Å². The molecular formula is C8H12O7. The molecule has 0 amide bonds. The maximum atomic E-state index is 10.7. The highest BCUT2D eigenvalue weighted by Gasteiger charge is 2.29. The van der Waals surface area contributed by atoms with Gasteiger partial charge < -0.3 is 20.1 Å². The van der Waals surface area contributed by atoms with Gasteiger partial charge in [0, 0.05) is 6.92 Å². The van der Waals surface area contributed by atoms with Crippen molar-refractivity contribution in [3.63, 3.8) is 0 Å². The number of ether oxygens (including phenoxy) is 1. The summed E-state index contributed by atoms with van der Waals surface area (Å²) in [5.74, 6) is -2.23. The molecule has 0 bridgehead atoms. The Labute approximate surface area is 85.3 Å². The van der Waals surface area contributed by atoms with Gasteiger partial charge in [-0.25, -0.2) is 4.79 Å². The van der Waals surface area contributed by atoms with Crippen molar-refractivity contribution in [2.45, 2.75) is 25.2 Å². The van der Waals surface area contributed by atoms with Crippen LogP contribution in [0.2, 0.25) is 0 Å². The minimum absolute atomic E-state index is 0.0599. The largest absolute Gasteiger partial charge is 0.446 e. The maximum absolute atomic E-state index is 10.7. The highest BCUT2D eigenvalue weighted by molar-refractivity contribution is 6.32. The summed E-state index contributed by atoms with van der Waals surface area (Å²) in [4.78, 5) is 31.6. The quantitative estimate of drug-likeness (QED) is 0.255. The highest BCUT2D eigenvalue weighted by atomic mass is 16.6. The minimum Gasteiger partial charge on any atom is -0.446 e. The van der Waals surface area contributed by atoms with Crippen LogP contribution in [0.1, 0.15) is 6.92 Å².